The number of hydrogen-bond acceptors (Lipinski definition) is 4. The largest absolute Gasteiger partial charge is 0.480 e. The van der Waals surface area contributed by atoms with E-state index in [1.54, 1.807) is 13.8 Å². The normalized spacial score (nSPS) is 27.7. The molecule has 2 heterocycles. The molecule has 1 aromatic rings. The molecule has 6 nitrogen and oxygen atoms in total. The van der Waals surface area contributed by atoms with Gasteiger partial charge in [0, 0.05) is 12.7 Å². The van der Waals surface area contributed by atoms with Crippen LogP contribution in [0.4, 0.5) is 0 Å². The second kappa shape index (κ2) is 5.09. The average molecular weight is 289 g/mol. The van der Waals surface area contributed by atoms with E-state index in [4.69, 9.17) is 0 Å². The highest BCUT2D eigenvalue weighted by Crippen LogP contribution is 2.42. The van der Waals surface area contributed by atoms with Gasteiger partial charge in [-0.15, -0.1) is 0 Å². The van der Waals surface area contributed by atoms with Gasteiger partial charge in [-0.05, 0) is 38.5 Å². The molecular weight excluding hydrogens is 270 g/mol. The van der Waals surface area contributed by atoms with E-state index in [9.17, 15) is 14.7 Å². The van der Waals surface area contributed by atoms with Gasteiger partial charge in [-0.3, -0.25) is 4.79 Å². The molecule has 1 amide bonds. The van der Waals surface area contributed by atoms with Crippen LogP contribution in [0.25, 0.3) is 0 Å². The number of amides is 1. The molecule has 1 saturated carbocycles. The summed E-state index contributed by atoms with van der Waals surface area (Å²) in [4.78, 5) is 34.1. The molecule has 1 N–H and O–H groups in total. The van der Waals surface area contributed by atoms with Crippen molar-refractivity contribution in [2.75, 3.05) is 6.54 Å². The summed E-state index contributed by atoms with van der Waals surface area (Å²) >= 11 is 0. The summed E-state index contributed by atoms with van der Waals surface area (Å²) in [5.74, 6) is -0.130. The van der Waals surface area contributed by atoms with Crippen molar-refractivity contribution >= 4 is 11.9 Å². The number of rotatable bonds is 2. The number of carboxylic acids is 1. The summed E-state index contributed by atoms with van der Waals surface area (Å²) < 4.78 is 0. The van der Waals surface area contributed by atoms with Crippen molar-refractivity contribution in [3.05, 3.63) is 23.3 Å². The van der Waals surface area contributed by atoms with Crippen LogP contribution in [0.5, 0.6) is 0 Å². The highest BCUT2D eigenvalue weighted by Gasteiger charge is 2.49. The molecular formula is C15H19N3O3. The fourth-order valence-electron chi connectivity index (χ4n) is 3.78. The van der Waals surface area contributed by atoms with Gasteiger partial charge in [-0.25, -0.2) is 14.8 Å². The van der Waals surface area contributed by atoms with Gasteiger partial charge in [0.2, 0.25) is 0 Å². The van der Waals surface area contributed by atoms with Crippen molar-refractivity contribution in [2.45, 2.75) is 39.2 Å². The molecule has 2 aliphatic rings. The lowest BCUT2D eigenvalue weighted by Crippen LogP contribution is -2.43. The van der Waals surface area contributed by atoms with Crippen LogP contribution in [-0.4, -0.2) is 44.4 Å². The fraction of sp³-hybridized carbons (Fsp3) is 0.600. The molecule has 1 aliphatic carbocycles. The Labute approximate surface area is 123 Å². The Kier molecular flexibility index (Phi) is 3.39. The smallest absolute Gasteiger partial charge is 0.326 e. The molecule has 0 spiro atoms. The molecule has 3 rings (SSSR count). The van der Waals surface area contributed by atoms with Crippen LogP contribution >= 0.6 is 0 Å². The van der Waals surface area contributed by atoms with Crippen LogP contribution in [0.2, 0.25) is 0 Å². The summed E-state index contributed by atoms with van der Waals surface area (Å²) in [6.07, 6.45) is 4.48. The monoisotopic (exact) mass is 289 g/mol. The van der Waals surface area contributed by atoms with E-state index in [0.717, 1.165) is 19.3 Å². The molecule has 1 saturated heterocycles. The van der Waals surface area contributed by atoms with Gasteiger partial charge < -0.3 is 10.0 Å². The number of aromatic nitrogens is 2. The highest BCUT2D eigenvalue weighted by molar-refractivity contribution is 5.97. The molecule has 0 unspecified atom stereocenters. The molecule has 0 bridgehead atoms. The van der Waals surface area contributed by atoms with Crippen LogP contribution in [0, 0.1) is 25.7 Å². The number of carboxylic acid groups (broad SMARTS) is 1. The molecule has 3 atom stereocenters. The topological polar surface area (TPSA) is 83.4 Å². The van der Waals surface area contributed by atoms with Gasteiger partial charge in [0.05, 0.1) is 11.3 Å². The predicted octanol–water partition coefficient (Wildman–Crippen LogP) is 1.42. The Bertz CT molecular complexity index is 602. The molecule has 0 radical (unpaired) electrons. The van der Waals surface area contributed by atoms with Gasteiger partial charge in [-0.2, -0.15) is 0 Å². The van der Waals surface area contributed by atoms with Crippen molar-refractivity contribution in [1.82, 2.24) is 14.9 Å². The van der Waals surface area contributed by atoms with Crippen molar-refractivity contribution < 1.29 is 14.7 Å². The number of aryl methyl sites for hydroxylation is 2. The molecule has 2 fully saturated rings. The van der Waals surface area contributed by atoms with Gasteiger partial charge in [0.15, 0.2) is 0 Å². The van der Waals surface area contributed by atoms with Crippen LogP contribution in [0.1, 0.15) is 41.1 Å². The van der Waals surface area contributed by atoms with Crippen molar-refractivity contribution in [1.29, 1.82) is 0 Å². The zero-order valence-corrected chi connectivity index (χ0v) is 12.2. The zero-order chi connectivity index (χ0) is 15.1. The van der Waals surface area contributed by atoms with E-state index in [0.29, 0.717) is 29.5 Å². The molecule has 6 heteroatoms. The highest BCUT2D eigenvalue weighted by atomic mass is 16.4. The number of carbonyl (C=O) groups is 2. The van der Waals surface area contributed by atoms with Crippen molar-refractivity contribution in [2.24, 2.45) is 11.8 Å². The Balaban J connectivity index is 1.91. The fourth-order valence-corrected chi connectivity index (χ4v) is 3.78. The van der Waals surface area contributed by atoms with Gasteiger partial charge >= 0.3 is 5.97 Å². The first-order chi connectivity index (χ1) is 9.99. The first kappa shape index (κ1) is 14.0. The lowest BCUT2D eigenvalue weighted by molar-refractivity contribution is -0.142. The molecule has 0 aromatic carbocycles. The maximum Gasteiger partial charge on any atom is 0.326 e. The second-order valence-corrected chi connectivity index (χ2v) is 6.01. The molecule has 112 valence electrons. The summed E-state index contributed by atoms with van der Waals surface area (Å²) in [5.41, 5.74) is 1.01. The second-order valence-electron chi connectivity index (χ2n) is 6.01. The quantitative estimate of drug-likeness (QED) is 0.890. The lowest BCUT2D eigenvalue weighted by atomic mass is 9.94. The van der Waals surface area contributed by atoms with Gasteiger partial charge in [-0.1, -0.05) is 6.42 Å². The molecule has 1 aliphatic heterocycles. The Morgan fingerprint density at radius 2 is 2.10 bits per heavy atom. The minimum atomic E-state index is -0.900. The zero-order valence-electron chi connectivity index (χ0n) is 12.2. The first-order valence-corrected chi connectivity index (χ1v) is 7.33. The molecule has 21 heavy (non-hydrogen) atoms. The Morgan fingerprint density at radius 1 is 1.33 bits per heavy atom. The first-order valence-electron chi connectivity index (χ1n) is 7.33. The SMILES string of the molecule is Cc1ncc(C(=O)N2C[C@@H]3CCC[C@@H]3[C@H]2C(=O)O)c(C)n1. The third-order valence-corrected chi connectivity index (χ3v) is 4.73. The maximum atomic E-state index is 12.7. The van der Waals surface area contributed by atoms with Crippen LogP contribution in [-0.2, 0) is 4.79 Å². The van der Waals surface area contributed by atoms with Crippen LogP contribution in [0.3, 0.4) is 0 Å². The maximum absolute atomic E-state index is 12.7. The van der Waals surface area contributed by atoms with Crippen LogP contribution in [0.15, 0.2) is 6.20 Å². The van der Waals surface area contributed by atoms with Crippen molar-refractivity contribution in [3.63, 3.8) is 0 Å². The standard InChI is InChI=1S/C15H19N3O3/c1-8-12(6-16-9(2)17-8)14(19)18-7-10-4-3-5-11(10)13(18)15(20)21/h6,10-11,13H,3-5,7H2,1-2H3,(H,20,21)/t10-,11-,13-/m0/s1. The minimum absolute atomic E-state index is 0.0955. The minimum Gasteiger partial charge on any atom is -0.480 e. The number of fused-ring (bicyclic) bond motifs is 1. The predicted molar refractivity (Wildman–Crippen MR) is 74.8 cm³/mol. The third kappa shape index (κ3) is 2.28. The van der Waals surface area contributed by atoms with Gasteiger partial charge in [0.1, 0.15) is 11.9 Å². The Morgan fingerprint density at radius 3 is 2.76 bits per heavy atom. The Hall–Kier alpha value is -1.98. The average Bonchev–Trinajstić information content (AvgIpc) is 2.96. The summed E-state index contributed by atoms with van der Waals surface area (Å²) in [7, 11) is 0. The van der Waals surface area contributed by atoms with E-state index in [-0.39, 0.29) is 11.8 Å². The van der Waals surface area contributed by atoms with E-state index in [1.165, 1.54) is 11.1 Å². The van der Waals surface area contributed by atoms with Crippen LogP contribution < -0.4 is 0 Å². The summed E-state index contributed by atoms with van der Waals surface area (Å²) in [6.45, 7) is 4.06. The number of carbonyl (C=O) groups excluding carboxylic acids is 1. The van der Waals surface area contributed by atoms with E-state index >= 15 is 0 Å². The number of aliphatic carboxylic acids is 1. The third-order valence-electron chi connectivity index (χ3n) is 4.73. The van der Waals surface area contributed by atoms with E-state index < -0.39 is 12.0 Å². The number of likely N-dealkylation sites (tertiary alicyclic amines) is 1. The molecule has 1 aromatic heterocycles. The number of hydrogen-bond donors (Lipinski definition) is 1. The van der Waals surface area contributed by atoms with E-state index in [1.807, 2.05) is 0 Å². The van der Waals surface area contributed by atoms with Gasteiger partial charge in [0.25, 0.3) is 5.91 Å². The lowest BCUT2D eigenvalue weighted by Gasteiger charge is -2.24. The summed E-state index contributed by atoms with van der Waals surface area (Å²) in [6, 6.07) is -0.703. The summed E-state index contributed by atoms with van der Waals surface area (Å²) in [5, 5.41) is 9.51. The van der Waals surface area contributed by atoms with E-state index in [2.05, 4.69) is 9.97 Å². The number of nitrogens with zero attached hydrogens (tertiary/aromatic N) is 3. The van der Waals surface area contributed by atoms with Crippen molar-refractivity contribution in [3.8, 4) is 0 Å².